The summed E-state index contributed by atoms with van der Waals surface area (Å²) in [4.78, 5) is 20.0. The summed E-state index contributed by atoms with van der Waals surface area (Å²) in [7, 11) is 1.22. The van der Waals surface area contributed by atoms with Crippen molar-refractivity contribution in [1.29, 1.82) is 0 Å². The number of methoxy groups -OCH3 is 1. The second kappa shape index (κ2) is 9.83. The van der Waals surface area contributed by atoms with Crippen molar-refractivity contribution in [1.82, 2.24) is 0 Å². The number of rotatable bonds is 3. The lowest BCUT2D eigenvalue weighted by molar-refractivity contribution is -0.147. The number of hydrogen-bond acceptors (Lipinski definition) is 4. The average Bonchev–Trinajstić information content (AvgIpc) is 2.04. The van der Waals surface area contributed by atoms with Crippen LogP contribution in [-0.4, -0.2) is 25.3 Å². The van der Waals surface area contributed by atoms with Gasteiger partial charge in [0.1, 0.15) is 0 Å². The van der Waals surface area contributed by atoms with Crippen molar-refractivity contribution in [2.24, 2.45) is 5.73 Å². The van der Waals surface area contributed by atoms with Crippen LogP contribution >= 0.6 is 0 Å². The first kappa shape index (κ1) is 15.2. The summed E-state index contributed by atoms with van der Waals surface area (Å²) in [5.74, 6) is -0.0903. The van der Waals surface area contributed by atoms with Crippen molar-refractivity contribution in [3.63, 3.8) is 0 Å². The molecule has 0 spiro atoms. The monoisotopic (exact) mass is 205 g/mol. The van der Waals surface area contributed by atoms with Crippen molar-refractivity contribution < 1.29 is 19.1 Å². The topological polar surface area (TPSA) is 78.6 Å². The number of carbonyl (C=O) groups excluding carboxylic acids is 2. The van der Waals surface area contributed by atoms with Crippen LogP contribution in [0.2, 0.25) is 0 Å². The normalized spacial score (nSPS) is 8.64. The number of esters is 1. The standard InChI is InChI=1S/C7H14O2.C2H5NO2/c1-4-5-7(8)9-6(2)3;1-5-2(3)4/h6H,4-5H2,1-3H3;1H3,(H2,3,4). The molecule has 5 heteroatoms. The molecule has 0 saturated carbocycles. The van der Waals surface area contributed by atoms with Crippen molar-refractivity contribution in [2.45, 2.75) is 39.7 Å². The Balaban J connectivity index is 0. The SMILES string of the molecule is CCCC(=O)OC(C)C.COC(N)=O. The maximum absolute atomic E-state index is 10.6. The van der Waals surface area contributed by atoms with Crippen molar-refractivity contribution >= 4 is 12.1 Å². The van der Waals surface area contributed by atoms with Gasteiger partial charge in [-0.3, -0.25) is 4.79 Å². The van der Waals surface area contributed by atoms with E-state index in [1.54, 1.807) is 0 Å². The molecule has 0 heterocycles. The van der Waals surface area contributed by atoms with E-state index in [1.807, 2.05) is 20.8 Å². The van der Waals surface area contributed by atoms with Gasteiger partial charge in [-0.1, -0.05) is 6.92 Å². The van der Waals surface area contributed by atoms with E-state index in [-0.39, 0.29) is 12.1 Å². The van der Waals surface area contributed by atoms with Crippen LogP contribution in [0.25, 0.3) is 0 Å². The first-order chi connectivity index (χ1) is 6.43. The van der Waals surface area contributed by atoms with Gasteiger partial charge in [0.05, 0.1) is 13.2 Å². The molecule has 0 aliphatic heterocycles. The minimum Gasteiger partial charge on any atom is -0.463 e. The molecule has 0 unspecified atom stereocenters. The maximum atomic E-state index is 10.6. The first-order valence-electron chi connectivity index (χ1n) is 4.46. The first-order valence-corrected chi connectivity index (χ1v) is 4.46. The molecular weight excluding hydrogens is 186 g/mol. The van der Waals surface area contributed by atoms with Gasteiger partial charge >= 0.3 is 12.1 Å². The highest BCUT2D eigenvalue weighted by molar-refractivity contribution is 5.69. The molecule has 0 aromatic carbocycles. The quantitative estimate of drug-likeness (QED) is 0.707. The molecule has 5 nitrogen and oxygen atoms in total. The van der Waals surface area contributed by atoms with Gasteiger partial charge in [0, 0.05) is 6.42 Å². The number of ether oxygens (including phenoxy) is 2. The fourth-order valence-electron chi connectivity index (χ4n) is 0.526. The summed E-state index contributed by atoms with van der Waals surface area (Å²) in [6.45, 7) is 5.67. The zero-order valence-corrected chi connectivity index (χ0v) is 9.20. The lowest BCUT2D eigenvalue weighted by Crippen LogP contribution is -2.10. The lowest BCUT2D eigenvalue weighted by atomic mass is 10.3. The molecule has 84 valence electrons. The molecule has 0 rings (SSSR count). The Morgan fingerprint density at radius 2 is 1.79 bits per heavy atom. The molecule has 0 bridgehead atoms. The van der Waals surface area contributed by atoms with E-state index in [4.69, 9.17) is 4.74 Å². The third-order valence-electron chi connectivity index (χ3n) is 1.02. The van der Waals surface area contributed by atoms with Crippen LogP contribution < -0.4 is 5.73 Å². The summed E-state index contributed by atoms with van der Waals surface area (Å²) in [6, 6.07) is 0. The molecular formula is C9H19NO4. The van der Waals surface area contributed by atoms with Crippen LogP contribution in [0.5, 0.6) is 0 Å². The Bertz CT molecular complexity index is 168. The molecule has 2 N–H and O–H groups in total. The van der Waals surface area contributed by atoms with Crippen molar-refractivity contribution in [2.75, 3.05) is 7.11 Å². The highest BCUT2D eigenvalue weighted by atomic mass is 16.5. The van der Waals surface area contributed by atoms with Gasteiger partial charge in [0.15, 0.2) is 0 Å². The Kier molecular flexibility index (Phi) is 10.7. The molecule has 0 fully saturated rings. The van der Waals surface area contributed by atoms with Crippen LogP contribution in [0.4, 0.5) is 4.79 Å². The largest absolute Gasteiger partial charge is 0.463 e. The number of hydrogen-bond donors (Lipinski definition) is 1. The van der Waals surface area contributed by atoms with E-state index < -0.39 is 6.09 Å². The Hall–Kier alpha value is -1.26. The van der Waals surface area contributed by atoms with Crippen molar-refractivity contribution in [3.05, 3.63) is 0 Å². The van der Waals surface area contributed by atoms with Gasteiger partial charge in [-0.2, -0.15) is 0 Å². The molecule has 0 aliphatic carbocycles. The van der Waals surface area contributed by atoms with Gasteiger partial charge in [0.2, 0.25) is 0 Å². The maximum Gasteiger partial charge on any atom is 0.404 e. The van der Waals surface area contributed by atoms with E-state index >= 15 is 0 Å². The summed E-state index contributed by atoms with van der Waals surface area (Å²) >= 11 is 0. The van der Waals surface area contributed by atoms with Gasteiger partial charge in [-0.25, -0.2) is 4.79 Å². The predicted octanol–water partition coefficient (Wildman–Crippen LogP) is 1.45. The molecule has 1 amide bonds. The summed E-state index contributed by atoms with van der Waals surface area (Å²) in [6.07, 6.45) is 0.693. The second-order valence-electron chi connectivity index (χ2n) is 2.81. The van der Waals surface area contributed by atoms with Gasteiger partial charge in [0.25, 0.3) is 0 Å². The molecule has 0 aromatic rings. The average molecular weight is 205 g/mol. The number of primary amides is 1. The predicted molar refractivity (Wildman–Crippen MR) is 52.7 cm³/mol. The van der Waals surface area contributed by atoms with Crippen LogP contribution in [0.3, 0.4) is 0 Å². The smallest absolute Gasteiger partial charge is 0.404 e. The summed E-state index contributed by atoms with van der Waals surface area (Å²) in [5, 5.41) is 0. The van der Waals surface area contributed by atoms with E-state index in [0.717, 1.165) is 6.42 Å². The van der Waals surface area contributed by atoms with E-state index in [0.29, 0.717) is 6.42 Å². The zero-order valence-electron chi connectivity index (χ0n) is 9.20. The van der Waals surface area contributed by atoms with E-state index in [9.17, 15) is 9.59 Å². The number of nitrogens with two attached hydrogens (primary N) is 1. The van der Waals surface area contributed by atoms with Crippen LogP contribution in [-0.2, 0) is 14.3 Å². The molecule has 0 aromatic heterocycles. The van der Waals surface area contributed by atoms with Gasteiger partial charge < -0.3 is 15.2 Å². The molecule has 14 heavy (non-hydrogen) atoms. The van der Waals surface area contributed by atoms with Crippen LogP contribution in [0.1, 0.15) is 33.6 Å². The second-order valence-corrected chi connectivity index (χ2v) is 2.81. The van der Waals surface area contributed by atoms with E-state index in [2.05, 4.69) is 10.5 Å². The fourth-order valence-corrected chi connectivity index (χ4v) is 0.526. The summed E-state index contributed by atoms with van der Waals surface area (Å²) < 4.78 is 8.74. The highest BCUT2D eigenvalue weighted by Crippen LogP contribution is 1.94. The Labute approximate surface area is 84.6 Å². The summed E-state index contributed by atoms with van der Waals surface area (Å²) in [5.41, 5.74) is 4.43. The van der Waals surface area contributed by atoms with Crippen LogP contribution in [0, 0.1) is 0 Å². The highest BCUT2D eigenvalue weighted by Gasteiger charge is 2.01. The minimum absolute atomic E-state index is 0.0315. The third kappa shape index (κ3) is 17.0. The van der Waals surface area contributed by atoms with Gasteiger partial charge in [-0.15, -0.1) is 0 Å². The number of amides is 1. The molecule has 0 aliphatic rings. The Morgan fingerprint density at radius 3 is 2.00 bits per heavy atom. The molecule has 0 radical (unpaired) electrons. The molecule has 0 atom stereocenters. The number of carbonyl (C=O) groups is 2. The zero-order chi connectivity index (χ0) is 11.6. The van der Waals surface area contributed by atoms with Crippen LogP contribution in [0.15, 0.2) is 0 Å². The van der Waals surface area contributed by atoms with E-state index in [1.165, 1.54) is 7.11 Å². The lowest BCUT2D eigenvalue weighted by Gasteiger charge is -2.05. The fraction of sp³-hybridized carbons (Fsp3) is 0.778. The molecule has 0 saturated heterocycles. The van der Waals surface area contributed by atoms with Gasteiger partial charge in [-0.05, 0) is 20.3 Å². The Morgan fingerprint density at radius 1 is 1.36 bits per heavy atom. The van der Waals surface area contributed by atoms with Crippen molar-refractivity contribution in [3.8, 4) is 0 Å². The third-order valence-corrected chi connectivity index (χ3v) is 1.02. The minimum atomic E-state index is -0.745.